The van der Waals surface area contributed by atoms with Gasteiger partial charge in [0.2, 0.25) is 0 Å². The summed E-state index contributed by atoms with van der Waals surface area (Å²) in [4.78, 5) is 0. The number of halogens is 1. The lowest BCUT2D eigenvalue weighted by Crippen LogP contribution is -2.25. The van der Waals surface area contributed by atoms with E-state index < -0.39 is 0 Å². The van der Waals surface area contributed by atoms with E-state index in [1.165, 1.54) is 0 Å². The number of hydrogen-bond acceptors (Lipinski definition) is 3. The standard InChI is InChI=1S/C10H11BrN2O/c1-6(13-12)9-5-7-3-2-4-8(11)10(7)14-9/h2-6,13H,12H2,1H3. The van der Waals surface area contributed by atoms with Crippen molar-refractivity contribution in [2.24, 2.45) is 5.84 Å². The van der Waals surface area contributed by atoms with Crippen molar-refractivity contribution in [3.05, 3.63) is 34.5 Å². The van der Waals surface area contributed by atoms with E-state index in [4.69, 9.17) is 10.3 Å². The van der Waals surface area contributed by atoms with Gasteiger partial charge in [-0.3, -0.25) is 11.3 Å². The topological polar surface area (TPSA) is 51.2 Å². The third kappa shape index (κ3) is 1.56. The number of hydrazine groups is 1. The van der Waals surface area contributed by atoms with Gasteiger partial charge in [0, 0.05) is 5.39 Å². The molecule has 0 amide bonds. The Kier molecular flexibility index (Phi) is 2.58. The third-order valence-corrected chi connectivity index (χ3v) is 2.82. The van der Waals surface area contributed by atoms with E-state index >= 15 is 0 Å². The third-order valence-electron chi connectivity index (χ3n) is 2.19. The lowest BCUT2D eigenvalue weighted by molar-refractivity contribution is 0.459. The van der Waals surface area contributed by atoms with Gasteiger partial charge in [-0.25, -0.2) is 0 Å². The van der Waals surface area contributed by atoms with Gasteiger partial charge in [-0.1, -0.05) is 12.1 Å². The maximum Gasteiger partial charge on any atom is 0.148 e. The summed E-state index contributed by atoms with van der Waals surface area (Å²) in [5.41, 5.74) is 3.52. The van der Waals surface area contributed by atoms with E-state index in [2.05, 4.69) is 21.4 Å². The average molecular weight is 255 g/mol. The fraction of sp³-hybridized carbons (Fsp3) is 0.200. The zero-order chi connectivity index (χ0) is 10.1. The minimum Gasteiger partial charge on any atom is -0.458 e. The molecule has 0 radical (unpaired) electrons. The molecule has 74 valence electrons. The molecule has 0 aliphatic heterocycles. The Labute approximate surface area is 90.4 Å². The fourth-order valence-electron chi connectivity index (χ4n) is 1.34. The monoisotopic (exact) mass is 254 g/mol. The highest BCUT2D eigenvalue weighted by Crippen LogP contribution is 2.29. The van der Waals surface area contributed by atoms with Crippen LogP contribution in [0.25, 0.3) is 11.0 Å². The van der Waals surface area contributed by atoms with Crippen molar-refractivity contribution >= 4 is 26.9 Å². The van der Waals surface area contributed by atoms with Gasteiger partial charge >= 0.3 is 0 Å². The van der Waals surface area contributed by atoms with Crippen LogP contribution in [-0.4, -0.2) is 0 Å². The molecule has 1 atom stereocenters. The lowest BCUT2D eigenvalue weighted by Gasteiger charge is -2.04. The van der Waals surface area contributed by atoms with E-state index in [-0.39, 0.29) is 6.04 Å². The molecular formula is C10H11BrN2O. The van der Waals surface area contributed by atoms with Gasteiger partial charge < -0.3 is 4.42 Å². The predicted octanol–water partition coefficient (Wildman–Crippen LogP) is 2.72. The molecule has 0 aliphatic carbocycles. The van der Waals surface area contributed by atoms with Gasteiger partial charge in [-0.05, 0) is 35.0 Å². The summed E-state index contributed by atoms with van der Waals surface area (Å²) in [6.07, 6.45) is 0. The molecule has 2 rings (SSSR count). The summed E-state index contributed by atoms with van der Waals surface area (Å²) in [6.45, 7) is 1.95. The Hall–Kier alpha value is -0.840. The minimum absolute atomic E-state index is 0.0225. The van der Waals surface area contributed by atoms with Crippen molar-refractivity contribution in [2.75, 3.05) is 0 Å². The molecule has 14 heavy (non-hydrogen) atoms. The maximum atomic E-state index is 5.66. The second kappa shape index (κ2) is 3.73. The summed E-state index contributed by atoms with van der Waals surface area (Å²) in [5.74, 6) is 6.18. The highest BCUT2D eigenvalue weighted by molar-refractivity contribution is 9.10. The molecule has 1 heterocycles. The molecule has 0 aliphatic rings. The molecule has 0 saturated heterocycles. The first-order chi connectivity index (χ1) is 6.72. The van der Waals surface area contributed by atoms with Crippen molar-refractivity contribution in [3.63, 3.8) is 0 Å². The number of fused-ring (bicyclic) bond motifs is 1. The number of nitrogens with two attached hydrogens (primary N) is 1. The molecule has 0 spiro atoms. The summed E-state index contributed by atoms with van der Waals surface area (Å²) in [5, 5.41) is 1.08. The molecular weight excluding hydrogens is 244 g/mol. The van der Waals surface area contributed by atoms with Gasteiger partial charge in [0.05, 0.1) is 10.5 Å². The number of benzene rings is 1. The Balaban J connectivity index is 2.56. The molecule has 0 bridgehead atoms. The van der Waals surface area contributed by atoms with Crippen LogP contribution in [0.2, 0.25) is 0 Å². The molecule has 2 aromatic rings. The maximum absolute atomic E-state index is 5.66. The van der Waals surface area contributed by atoms with Crippen LogP contribution in [-0.2, 0) is 0 Å². The molecule has 1 aromatic heterocycles. The number of rotatable bonds is 2. The molecule has 1 aromatic carbocycles. The first-order valence-electron chi connectivity index (χ1n) is 4.36. The number of hydrogen-bond donors (Lipinski definition) is 2. The highest BCUT2D eigenvalue weighted by atomic mass is 79.9. The van der Waals surface area contributed by atoms with Crippen molar-refractivity contribution < 1.29 is 4.42 Å². The summed E-state index contributed by atoms with van der Waals surface area (Å²) in [6, 6.07) is 7.96. The number of para-hydroxylation sites is 1. The molecule has 0 saturated carbocycles. The van der Waals surface area contributed by atoms with Crippen LogP contribution in [0.5, 0.6) is 0 Å². The average Bonchev–Trinajstić information content (AvgIpc) is 2.62. The van der Waals surface area contributed by atoms with E-state index in [1.54, 1.807) is 0 Å². The Morgan fingerprint density at radius 3 is 2.93 bits per heavy atom. The second-order valence-corrected chi connectivity index (χ2v) is 4.05. The van der Waals surface area contributed by atoms with Crippen LogP contribution < -0.4 is 11.3 Å². The second-order valence-electron chi connectivity index (χ2n) is 3.20. The summed E-state index contributed by atoms with van der Waals surface area (Å²) >= 11 is 3.44. The van der Waals surface area contributed by atoms with Gasteiger partial charge in [0.25, 0.3) is 0 Å². The quantitative estimate of drug-likeness (QED) is 0.640. The van der Waals surface area contributed by atoms with Crippen LogP contribution in [0.3, 0.4) is 0 Å². The fourth-order valence-corrected chi connectivity index (χ4v) is 1.81. The van der Waals surface area contributed by atoms with E-state index in [0.29, 0.717) is 0 Å². The number of furan rings is 1. The SMILES string of the molecule is CC(NN)c1cc2cccc(Br)c2o1. The van der Waals surface area contributed by atoms with Gasteiger partial charge in [0.1, 0.15) is 11.3 Å². The van der Waals surface area contributed by atoms with Crippen LogP contribution in [0, 0.1) is 0 Å². The summed E-state index contributed by atoms with van der Waals surface area (Å²) in [7, 11) is 0. The first-order valence-corrected chi connectivity index (χ1v) is 5.15. The van der Waals surface area contributed by atoms with Crippen LogP contribution in [0.1, 0.15) is 18.7 Å². The van der Waals surface area contributed by atoms with E-state index in [1.807, 2.05) is 31.2 Å². The summed E-state index contributed by atoms with van der Waals surface area (Å²) < 4.78 is 6.63. The molecule has 3 nitrogen and oxygen atoms in total. The zero-order valence-electron chi connectivity index (χ0n) is 7.75. The molecule has 0 fully saturated rings. The minimum atomic E-state index is 0.0225. The Bertz CT molecular complexity index is 452. The van der Waals surface area contributed by atoms with E-state index in [9.17, 15) is 0 Å². The van der Waals surface area contributed by atoms with Crippen molar-refractivity contribution in [2.45, 2.75) is 13.0 Å². The molecule has 3 N–H and O–H groups in total. The van der Waals surface area contributed by atoms with Crippen molar-refractivity contribution in [3.8, 4) is 0 Å². The van der Waals surface area contributed by atoms with Gasteiger partial charge in [-0.2, -0.15) is 0 Å². The largest absolute Gasteiger partial charge is 0.458 e. The zero-order valence-corrected chi connectivity index (χ0v) is 9.34. The smallest absolute Gasteiger partial charge is 0.148 e. The number of nitrogens with one attached hydrogen (secondary N) is 1. The first kappa shape index (κ1) is 9.71. The van der Waals surface area contributed by atoms with Crippen molar-refractivity contribution in [1.29, 1.82) is 0 Å². The van der Waals surface area contributed by atoms with Gasteiger partial charge in [0.15, 0.2) is 0 Å². The predicted molar refractivity (Wildman–Crippen MR) is 59.7 cm³/mol. The Morgan fingerprint density at radius 1 is 1.50 bits per heavy atom. The Morgan fingerprint density at radius 2 is 2.29 bits per heavy atom. The van der Waals surface area contributed by atoms with Gasteiger partial charge in [-0.15, -0.1) is 0 Å². The normalized spacial score (nSPS) is 13.4. The van der Waals surface area contributed by atoms with Crippen molar-refractivity contribution in [1.82, 2.24) is 5.43 Å². The van der Waals surface area contributed by atoms with Crippen LogP contribution in [0.15, 0.2) is 33.2 Å². The van der Waals surface area contributed by atoms with Crippen LogP contribution in [0.4, 0.5) is 0 Å². The highest BCUT2D eigenvalue weighted by Gasteiger charge is 2.10. The lowest BCUT2D eigenvalue weighted by atomic mass is 10.2. The molecule has 1 unspecified atom stereocenters. The molecule has 4 heteroatoms. The van der Waals surface area contributed by atoms with Crippen LogP contribution >= 0.6 is 15.9 Å². The van der Waals surface area contributed by atoms with E-state index in [0.717, 1.165) is 21.2 Å².